The molecule has 2 fully saturated rings. The Morgan fingerprint density at radius 2 is 1.69 bits per heavy atom. The molecule has 5 rings (SSSR count). The second kappa shape index (κ2) is 14.2. The van der Waals surface area contributed by atoms with Crippen LogP contribution in [-0.4, -0.2) is 93.8 Å². The van der Waals surface area contributed by atoms with Crippen LogP contribution in [0.1, 0.15) is 37.3 Å². The van der Waals surface area contributed by atoms with Gasteiger partial charge in [-0.05, 0) is 81.7 Å². The number of hydrogen-bond donors (Lipinski definition) is 2. The van der Waals surface area contributed by atoms with Gasteiger partial charge in [-0.3, -0.25) is 0 Å². The first-order chi connectivity index (χ1) is 19.2. The Morgan fingerprint density at radius 1 is 0.923 bits per heavy atom. The number of hydrogen-bond acceptors (Lipinski definition) is 7. The number of pyridine rings is 1. The fourth-order valence-corrected chi connectivity index (χ4v) is 5.61. The maximum atomic E-state index is 13.7. The Hall–Kier alpha value is -2.56. The quantitative estimate of drug-likeness (QED) is 0.312. The molecule has 0 saturated carbocycles. The predicted molar refractivity (Wildman–Crippen MR) is 150 cm³/mol. The molecule has 8 nitrogen and oxygen atoms in total. The summed E-state index contributed by atoms with van der Waals surface area (Å²) in [5.41, 5.74) is 3.92. The highest BCUT2D eigenvalue weighted by atomic mass is 19.1. The number of methoxy groups -OCH3 is 1. The van der Waals surface area contributed by atoms with Gasteiger partial charge in [0, 0.05) is 41.4 Å². The predicted octanol–water partition coefficient (Wildman–Crippen LogP) is 4.36. The van der Waals surface area contributed by atoms with Crippen molar-refractivity contribution in [3.05, 3.63) is 48.0 Å². The number of fused-ring (bicyclic) bond motifs is 1. The SMILES string of the molecule is COc1cc(F)ccc1-c1ccnc2[nH]c(C3CCN(CCOCCOCCOC4CCNCC4)CC3)cc12. The molecule has 2 N–H and O–H groups in total. The highest BCUT2D eigenvalue weighted by Gasteiger charge is 2.23. The molecule has 39 heavy (non-hydrogen) atoms. The van der Waals surface area contributed by atoms with E-state index in [0.29, 0.717) is 44.2 Å². The van der Waals surface area contributed by atoms with E-state index < -0.39 is 0 Å². The van der Waals surface area contributed by atoms with Crippen molar-refractivity contribution in [1.82, 2.24) is 20.2 Å². The molecule has 0 unspecified atom stereocenters. The second-order valence-corrected chi connectivity index (χ2v) is 10.4. The lowest BCUT2D eigenvalue weighted by atomic mass is 9.93. The van der Waals surface area contributed by atoms with E-state index in [2.05, 4.69) is 26.3 Å². The molecule has 9 heteroatoms. The molecule has 1 aromatic carbocycles. The van der Waals surface area contributed by atoms with Crippen molar-refractivity contribution < 1.29 is 23.3 Å². The van der Waals surface area contributed by atoms with Gasteiger partial charge in [-0.15, -0.1) is 0 Å². The van der Waals surface area contributed by atoms with Crippen molar-refractivity contribution in [2.75, 3.05) is 72.9 Å². The highest BCUT2D eigenvalue weighted by Crippen LogP contribution is 2.37. The van der Waals surface area contributed by atoms with Crippen LogP contribution in [0.4, 0.5) is 4.39 Å². The molecule has 2 aliphatic heterocycles. The lowest BCUT2D eigenvalue weighted by Gasteiger charge is -2.31. The van der Waals surface area contributed by atoms with Crippen LogP contribution >= 0.6 is 0 Å². The van der Waals surface area contributed by atoms with E-state index in [-0.39, 0.29) is 5.82 Å². The maximum absolute atomic E-state index is 13.7. The van der Waals surface area contributed by atoms with Crippen LogP contribution in [0.25, 0.3) is 22.2 Å². The van der Waals surface area contributed by atoms with E-state index in [1.807, 2.05) is 6.07 Å². The number of aromatic amines is 1. The van der Waals surface area contributed by atoms with Crippen LogP contribution in [0, 0.1) is 5.82 Å². The van der Waals surface area contributed by atoms with Crippen LogP contribution in [0.5, 0.6) is 5.75 Å². The number of rotatable bonds is 13. The van der Waals surface area contributed by atoms with E-state index in [0.717, 1.165) is 87.2 Å². The molecule has 3 aromatic rings. The standard InChI is InChI=1S/C30H41FN4O4/c1-36-29-20-23(31)2-3-26(29)25-6-11-33-30-27(25)21-28(34-30)22-7-12-35(13-8-22)14-15-37-16-17-38-18-19-39-24-4-9-32-10-5-24/h2-3,6,11,20-22,24,32H,4-5,7-10,12-19H2,1H3,(H,33,34). The Labute approximate surface area is 230 Å². The lowest BCUT2D eigenvalue weighted by molar-refractivity contribution is -0.0212. The normalized spacial score (nSPS) is 17.7. The number of aromatic nitrogens is 2. The molecule has 2 aliphatic rings. The summed E-state index contributed by atoms with van der Waals surface area (Å²) in [7, 11) is 1.57. The van der Waals surface area contributed by atoms with Crippen LogP contribution in [-0.2, 0) is 14.2 Å². The molecule has 4 heterocycles. The molecule has 0 bridgehead atoms. The van der Waals surface area contributed by atoms with Crippen LogP contribution in [0.3, 0.4) is 0 Å². The average molecular weight is 541 g/mol. The van der Waals surface area contributed by atoms with Gasteiger partial charge in [0.15, 0.2) is 0 Å². The lowest BCUT2D eigenvalue weighted by Crippen LogP contribution is -2.35. The summed E-state index contributed by atoms with van der Waals surface area (Å²) in [6.07, 6.45) is 6.52. The van der Waals surface area contributed by atoms with Crippen LogP contribution in [0.15, 0.2) is 36.5 Å². The topological polar surface area (TPSA) is 80.9 Å². The van der Waals surface area contributed by atoms with Gasteiger partial charge in [0.25, 0.3) is 0 Å². The zero-order valence-corrected chi connectivity index (χ0v) is 22.9. The van der Waals surface area contributed by atoms with Crippen LogP contribution in [0.2, 0.25) is 0 Å². The van der Waals surface area contributed by atoms with Crippen molar-refractivity contribution in [1.29, 1.82) is 0 Å². The van der Waals surface area contributed by atoms with Gasteiger partial charge in [0.05, 0.1) is 46.2 Å². The molecule has 2 saturated heterocycles. The molecular weight excluding hydrogens is 499 g/mol. The molecule has 0 aliphatic carbocycles. The molecule has 0 radical (unpaired) electrons. The summed E-state index contributed by atoms with van der Waals surface area (Å²) >= 11 is 0. The van der Waals surface area contributed by atoms with Gasteiger partial charge >= 0.3 is 0 Å². The third-order valence-corrected chi connectivity index (χ3v) is 7.83. The third-order valence-electron chi connectivity index (χ3n) is 7.83. The minimum atomic E-state index is -0.311. The van der Waals surface area contributed by atoms with Gasteiger partial charge in [-0.2, -0.15) is 0 Å². The first-order valence-electron chi connectivity index (χ1n) is 14.2. The Bertz CT molecular complexity index is 1170. The van der Waals surface area contributed by atoms with E-state index in [1.54, 1.807) is 19.4 Å². The maximum Gasteiger partial charge on any atom is 0.138 e. The average Bonchev–Trinajstić information content (AvgIpc) is 3.42. The van der Waals surface area contributed by atoms with E-state index in [4.69, 9.17) is 18.9 Å². The number of likely N-dealkylation sites (tertiary alicyclic amines) is 1. The number of benzene rings is 1. The Kier molecular flexibility index (Phi) is 10.2. The number of nitrogens with one attached hydrogen (secondary N) is 2. The molecule has 212 valence electrons. The smallest absolute Gasteiger partial charge is 0.138 e. The van der Waals surface area contributed by atoms with Gasteiger partial charge < -0.3 is 34.1 Å². The fourth-order valence-electron chi connectivity index (χ4n) is 5.61. The van der Waals surface area contributed by atoms with Crippen LogP contribution < -0.4 is 10.1 Å². The van der Waals surface area contributed by atoms with Gasteiger partial charge in [-0.25, -0.2) is 9.37 Å². The molecule has 0 amide bonds. The summed E-state index contributed by atoms with van der Waals surface area (Å²) in [5.74, 6) is 0.670. The Balaban J connectivity index is 1.02. The monoisotopic (exact) mass is 540 g/mol. The van der Waals surface area contributed by atoms with Crippen molar-refractivity contribution >= 4 is 11.0 Å². The largest absolute Gasteiger partial charge is 0.496 e. The zero-order chi connectivity index (χ0) is 26.9. The first kappa shape index (κ1) is 28.0. The molecule has 0 atom stereocenters. The summed E-state index contributed by atoms with van der Waals surface area (Å²) in [4.78, 5) is 10.6. The zero-order valence-electron chi connectivity index (χ0n) is 22.9. The van der Waals surface area contributed by atoms with Crippen molar-refractivity contribution in [2.24, 2.45) is 0 Å². The number of ether oxygens (including phenoxy) is 4. The van der Waals surface area contributed by atoms with Crippen molar-refractivity contribution in [3.8, 4) is 16.9 Å². The van der Waals surface area contributed by atoms with E-state index >= 15 is 0 Å². The summed E-state index contributed by atoms with van der Waals surface area (Å²) < 4.78 is 36.5. The third kappa shape index (κ3) is 7.55. The first-order valence-corrected chi connectivity index (χ1v) is 14.2. The van der Waals surface area contributed by atoms with E-state index in [1.165, 1.54) is 17.8 Å². The van der Waals surface area contributed by atoms with Crippen molar-refractivity contribution in [2.45, 2.75) is 37.7 Å². The molecule has 2 aromatic heterocycles. The summed E-state index contributed by atoms with van der Waals surface area (Å²) in [6.45, 7) is 8.36. The molecule has 0 spiro atoms. The van der Waals surface area contributed by atoms with Gasteiger partial charge in [-0.1, -0.05) is 0 Å². The van der Waals surface area contributed by atoms with Gasteiger partial charge in [0.2, 0.25) is 0 Å². The Morgan fingerprint density at radius 3 is 2.49 bits per heavy atom. The van der Waals surface area contributed by atoms with Gasteiger partial charge in [0.1, 0.15) is 17.2 Å². The number of H-pyrrole nitrogens is 1. The number of nitrogens with zero attached hydrogens (tertiary/aromatic N) is 2. The summed E-state index contributed by atoms with van der Waals surface area (Å²) in [5, 5.41) is 4.38. The number of piperidine rings is 2. The van der Waals surface area contributed by atoms with Crippen molar-refractivity contribution in [3.63, 3.8) is 0 Å². The fraction of sp³-hybridized carbons (Fsp3) is 0.567. The van der Waals surface area contributed by atoms with E-state index in [9.17, 15) is 4.39 Å². The molecular formula is C30H41FN4O4. The summed E-state index contributed by atoms with van der Waals surface area (Å²) in [6, 6.07) is 8.84. The number of halogens is 1. The second-order valence-electron chi connectivity index (χ2n) is 10.4. The highest BCUT2D eigenvalue weighted by molar-refractivity contribution is 5.95. The minimum absolute atomic E-state index is 0.311. The minimum Gasteiger partial charge on any atom is -0.496 e.